The zero-order chi connectivity index (χ0) is 13.2. The van der Waals surface area contributed by atoms with E-state index in [2.05, 4.69) is 0 Å². The molecule has 10 heteroatoms. The number of rotatable bonds is 4. The third kappa shape index (κ3) is 3.19. The lowest BCUT2D eigenvalue weighted by molar-refractivity contribution is -0.422. The van der Waals surface area contributed by atoms with Gasteiger partial charge in [-0.05, 0) is 0 Å². The number of nitrogens with zero attached hydrogens (tertiary/aromatic N) is 2. The number of nitrogens with two attached hydrogens (primary N) is 1. The van der Waals surface area contributed by atoms with Crippen molar-refractivity contribution >= 4 is 21.4 Å². The summed E-state index contributed by atoms with van der Waals surface area (Å²) >= 11 is 0. The molecule has 1 aromatic rings. The van der Waals surface area contributed by atoms with Crippen molar-refractivity contribution in [2.24, 2.45) is 5.14 Å². The molecular formula is C7H7N3O6S. The largest absolute Gasteiger partial charge is 0.350 e. The van der Waals surface area contributed by atoms with Gasteiger partial charge in [-0.25, -0.2) is 13.6 Å². The van der Waals surface area contributed by atoms with Gasteiger partial charge in [0.1, 0.15) is 0 Å². The quantitative estimate of drug-likeness (QED) is 0.608. The fourth-order valence-electron chi connectivity index (χ4n) is 1.27. The van der Waals surface area contributed by atoms with Crippen molar-refractivity contribution in [3.05, 3.63) is 44.0 Å². The van der Waals surface area contributed by atoms with Crippen LogP contribution in [0, 0.1) is 20.2 Å². The summed E-state index contributed by atoms with van der Waals surface area (Å²) in [6.45, 7) is 0. The van der Waals surface area contributed by atoms with Crippen molar-refractivity contribution in [2.45, 2.75) is 5.75 Å². The lowest BCUT2D eigenvalue weighted by atomic mass is 10.2. The van der Waals surface area contributed by atoms with E-state index in [4.69, 9.17) is 5.14 Å². The van der Waals surface area contributed by atoms with E-state index in [1.165, 1.54) is 0 Å². The van der Waals surface area contributed by atoms with Gasteiger partial charge >= 0.3 is 11.4 Å². The minimum Gasteiger partial charge on any atom is -0.258 e. The first-order valence-corrected chi connectivity index (χ1v) is 5.85. The molecule has 0 saturated carbocycles. The van der Waals surface area contributed by atoms with Gasteiger partial charge in [-0.1, -0.05) is 12.1 Å². The van der Waals surface area contributed by atoms with E-state index in [0.717, 1.165) is 18.2 Å². The van der Waals surface area contributed by atoms with Crippen molar-refractivity contribution in [3.8, 4) is 0 Å². The molecule has 0 heterocycles. The van der Waals surface area contributed by atoms with Crippen LogP contribution in [-0.2, 0) is 15.8 Å². The van der Waals surface area contributed by atoms with Gasteiger partial charge in [-0.3, -0.25) is 20.2 Å². The number of primary sulfonamides is 1. The Morgan fingerprint density at radius 1 is 1.18 bits per heavy atom. The fourth-order valence-corrected chi connectivity index (χ4v) is 1.94. The standard InChI is InChI=1S/C7H7N3O6S/c8-17(15,16)4-5-2-1-3-6(9(11)12)7(5)10(13)14/h1-3H,4H2,(H2,8,15,16). The van der Waals surface area contributed by atoms with Gasteiger partial charge in [-0.15, -0.1) is 0 Å². The van der Waals surface area contributed by atoms with Crippen molar-refractivity contribution in [3.63, 3.8) is 0 Å². The van der Waals surface area contributed by atoms with E-state index in [9.17, 15) is 28.6 Å². The van der Waals surface area contributed by atoms with Crippen LogP contribution in [0.1, 0.15) is 5.56 Å². The molecule has 0 unspecified atom stereocenters. The summed E-state index contributed by atoms with van der Waals surface area (Å²) in [6.07, 6.45) is 0. The third-order valence-corrected chi connectivity index (χ3v) is 2.55. The normalized spacial score (nSPS) is 11.1. The van der Waals surface area contributed by atoms with E-state index in [-0.39, 0.29) is 5.56 Å². The zero-order valence-electron chi connectivity index (χ0n) is 8.27. The summed E-state index contributed by atoms with van der Waals surface area (Å²) < 4.78 is 21.7. The van der Waals surface area contributed by atoms with Gasteiger partial charge in [-0.2, -0.15) is 0 Å². The lowest BCUT2D eigenvalue weighted by Crippen LogP contribution is -2.15. The number of sulfonamides is 1. The van der Waals surface area contributed by atoms with Crippen molar-refractivity contribution in [1.29, 1.82) is 0 Å². The van der Waals surface area contributed by atoms with Gasteiger partial charge in [0.05, 0.1) is 21.2 Å². The third-order valence-electron chi connectivity index (χ3n) is 1.83. The maximum Gasteiger partial charge on any atom is 0.350 e. The van der Waals surface area contributed by atoms with E-state index >= 15 is 0 Å². The molecule has 0 saturated heterocycles. The Labute approximate surface area is 95.2 Å². The molecule has 0 atom stereocenters. The van der Waals surface area contributed by atoms with Crippen LogP contribution in [0.4, 0.5) is 11.4 Å². The molecule has 1 aromatic carbocycles. The summed E-state index contributed by atoms with van der Waals surface area (Å²) in [7, 11) is -4.00. The van der Waals surface area contributed by atoms with Gasteiger partial charge in [0.2, 0.25) is 10.0 Å². The average Bonchev–Trinajstić information content (AvgIpc) is 2.14. The highest BCUT2D eigenvalue weighted by Gasteiger charge is 2.29. The Hall–Kier alpha value is -2.07. The van der Waals surface area contributed by atoms with Crippen LogP contribution in [0.5, 0.6) is 0 Å². The lowest BCUT2D eigenvalue weighted by Gasteiger charge is -2.01. The molecule has 0 radical (unpaired) electrons. The second-order valence-corrected chi connectivity index (χ2v) is 4.72. The molecule has 0 aliphatic heterocycles. The molecule has 0 aliphatic rings. The van der Waals surface area contributed by atoms with Crippen molar-refractivity contribution in [2.75, 3.05) is 0 Å². The molecule has 17 heavy (non-hydrogen) atoms. The molecule has 2 N–H and O–H groups in total. The van der Waals surface area contributed by atoms with Crippen LogP contribution < -0.4 is 5.14 Å². The predicted molar refractivity (Wildman–Crippen MR) is 56.6 cm³/mol. The molecule has 9 nitrogen and oxygen atoms in total. The van der Waals surface area contributed by atoms with Crippen LogP contribution in [0.2, 0.25) is 0 Å². The number of benzene rings is 1. The molecule has 0 fully saturated rings. The van der Waals surface area contributed by atoms with Gasteiger partial charge < -0.3 is 0 Å². The molecule has 0 amide bonds. The molecule has 0 aromatic heterocycles. The number of nitro groups is 2. The summed E-state index contributed by atoms with van der Waals surface area (Å²) in [5, 5.41) is 26.0. The highest BCUT2D eigenvalue weighted by Crippen LogP contribution is 2.31. The van der Waals surface area contributed by atoms with Crippen LogP contribution in [0.15, 0.2) is 18.2 Å². The SMILES string of the molecule is NS(=O)(=O)Cc1cccc([N+](=O)[O-])c1[N+](=O)[O-]. The summed E-state index contributed by atoms with van der Waals surface area (Å²) in [4.78, 5) is 19.3. The monoisotopic (exact) mass is 261 g/mol. The van der Waals surface area contributed by atoms with E-state index in [0.29, 0.717) is 0 Å². The smallest absolute Gasteiger partial charge is 0.258 e. The first-order valence-electron chi connectivity index (χ1n) is 4.13. The van der Waals surface area contributed by atoms with Crippen LogP contribution in [0.25, 0.3) is 0 Å². The molecular weight excluding hydrogens is 254 g/mol. The highest BCUT2D eigenvalue weighted by molar-refractivity contribution is 7.88. The first kappa shape index (κ1) is 13.0. The second-order valence-electron chi connectivity index (χ2n) is 3.11. The Morgan fingerprint density at radius 3 is 2.18 bits per heavy atom. The van der Waals surface area contributed by atoms with Gasteiger partial charge in [0.25, 0.3) is 0 Å². The maximum atomic E-state index is 10.8. The van der Waals surface area contributed by atoms with E-state index in [1.807, 2.05) is 0 Å². The first-order chi connectivity index (χ1) is 7.72. The van der Waals surface area contributed by atoms with Crippen molar-refractivity contribution in [1.82, 2.24) is 0 Å². The summed E-state index contributed by atoms with van der Waals surface area (Å²) in [5.74, 6) is -0.828. The predicted octanol–water partition coefficient (Wildman–Crippen LogP) is 0.291. The van der Waals surface area contributed by atoms with Crippen LogP contribution in [0.3, 0.4) is 0 Å². The van der Waals surface area contributed by atoms with Crippen molar-refractivity contribution < 1.29 is 18.3 Å². The van der Waals surface area contributed by atoms with Crippen LogP contribution >= 0.6 is 0 Å². The minimum atomic E-state index is -4.00. The van der Waals surface area contributed by atoms with Gasteiger partial charge in [0.15, 0.2) is 0 Å². The van der Waals surface area contributed by atoms with Crippen LogP contribution in [-0.4, -0.2) is 18.3 Å². The fraction of sp³-hybridized carbons (Fsp3) is 0.143. The number of hydrogen-bond donors (Lipinski definition) is 1. The second kappa shape index (κ2) is 4.43. The molecule has 0 bridgehead atoms. The van der Waals surface area contributed by atoms with Gasteiger partial charge in [0, 0.05) is 6.07 Å². The topological polar surface area (TPSA) is 146 Å². The molecule has 0 aliphatic carbocycles. The number of para-hydroxylation sites is 1. The number of nitro benzene ring substituents is 2. The summed E-state index contributed by atoms with van der Waals surface area (Å²) in [5.41, 5.74) is -1.94. The Kier molecular flexibility index (Phi) is 3.39. The zero-order valence-corrected chi connectivity index (χ0v) is 9.09. The molecule has 1 rings (SSSR count). The molecule has 0 spiro atoms. The summed E-state index contributed by atoms with van der Waals surface area (Å²) in [6, 6.07) is 3.19. The highest BCUT2D eigenvalue weighted by atomic mass is 32.2. The maximum absolute atomic E-state index is 10.8. The Bertz CT molecular complexity index is 581. The Morgan fingerprint density at radius 2 is 1.76 bits per heavy atom. The van der Waals surface area contributed by atoms with E-state index < -0.39 is 37.0 Å². The number of hydrogen-bond acceptors (Lipinski definition) is 6. The minimum absolute atomic E-state index is 0.313. The van der Waals surface area contributed by atoms with E-state index in [1.54, 1.807) is 0 Å². The molecule has 92 valence electrons. The Balaban J connectivity index is 3.46. The average molecular weight is 261 g/mol.